The fourth-order valence-electron chi connectivity index (χ4n) is 6.82. The van der Waals surface area contributed by atoms with Gasteiger partial charge in [-0.25, -0.2) is 15.0 Å². The third kappa shape index (κ3) is 5.16. The zero-order valence-electron chi connectivity index (χ0n) is 27.8. The third-order valence-electron chi connectivity index (χ3n) is 9.91. The second-order valence-electron chi connectivity index (χ2n) is 12.6. The molecule has 0 aliphatic rings. The van der Waals surface area contributed by atoms with E-state index in [1.165, 1.54) is 38.4 Å². The number of furan rings is 1. The fraction of sp³-hybridized carbons (Fsp3) is 0. The Morgan fingerprint density at radius 2 is 0.875 bits per heavy atom. The lowest BCUT2D eigenvalue weighted by Crippen LogP contribution is -2.55. The highest BCUT2D eigenvalue weighted by atomic mass is 16.3. The first kappa shape index (κ1) is 29.8. The molecule has 48 heavy (non-hydrogen) atoms. The van der Waals surface area contributed by atoms with E-state index in [0.717, 1.165) is 49.8 Å². The summed E-state index contributed by atoms with van der Waals surface area (Å²) in [6.45, 7) is 0. The fourth-order valence-corrected chi connectivity index (χ4v) is 6.82. The normalized spacial score (nSPS) is 11.3. The monoisotopic (exact) mass is 611 g/mol. The van der Waals surface area contributed by atoms with Gasteiger partial charge in [0, 0.05) is 27.5 Å². The van der Waals surface area contributed by atoms with Gasteiger partial charge in [0.2, 0.25) is 0 Å². The largest absolute Gasteiger partial charge is 0.456 e. The summed E-state index contributed by atoms with van der Waals surface area (Å²) in [7, 11) is 11.1. The van der Waals surface area contributed by atoms with E-state index in [-0.39, 0.29) is 0 Å². The number of hydrogen-bond donors (Lipinski definition) is 0. The molecule has 0 amide bonds. The molecule has 9 heteroatoms. The van der Waals surface area contributed by atoms with Gasteiger partial charge in [-0.05, 0) is 52.6 Å². The Hall–Kier alpha value is -5.55. The maximum Gasteiger partial charge on any atom is 0.164 e. The van der Waals surface area contributed by atoms with Crippen LogP contribution in [0.15, 0.2) is 126 Å². The van der Waals surface area contributed by atoms with Crippen LogP contribution in [0.1, 0.15) is 0 Å². The van der Waals surface area contributed by atoms with Crippen LogP contribution >= 0.6 is 0 Å². The lowest BCUT2D eigenvalue weighted by molar-refractivity contribution is 0.669. The van der Waals surface area contributed by atoms with Crippen LogP contribution in [-0.2, 0) is 0 Å². The molecule has 4 nitrogen and oxygen atoms in total. The van der Waals surface area contributed by atoms with Crippen molar-refractivity contribution in [1.29, 1.82) is 0 Å². The van der Waals surface area contributed by atoms with Gasteiger partial charge >= 0.3 is 0 Å². The third-order valence-corrected chi connectivity index (χ3v) is 9.91. The molecule has 0 fully saturated rings. The predicted molar refractivity (Wildman–Crippen MR) is 215 cm³/mol. The zero-order chi connectivity index (χ0) is 32.9. The average molecular weight is 611 g/mol. The van der Waals surface area contributed by atoms with Crippen molar-refractivity contribution < 1.29 is 4.42 Å². The van der Waals surface area contributed by atoms with E-state index in [4.69, 9.17) is 19.4 Å². The molecule has 0 saturated heterocycles. The maximum absolute atomic E-state index is 6.38. The highest BCUT2D eigenvalue weighted by Crippen LogP contribution is 2.35. The highest BCUT2D eigenvalue weighted by molar-refractivity contribution is 6.68. The van der Waals surface area contributed by atoms with Crippen LogP contribution in [0.2, 0.25) is 0 Å². The van der Waals surface area contributed by atoms with Crippen molar-refractivity contribution in [1.82, 2.24) is 15.0 Å². The molecule has 0 saturated carbocycles. The summed E-state index contributed by atoms with van der Waals surface area (Å²) < 4.78 is 6.38. The molecule has 2 heterocycles. The molecular formula is C39H30B5N3O. The van der Waals surface area contributed by atoms with Gasteiger partial charge < -0.3 is 4.42 Å². The molecule has 0 atom stereocenters. The molecule has 0 N–H and O–H groups in total. The van der Waals surface area contributed by atoms with Crippen molar-refractivity contribution in [3.63, 3.8) is 0 Å². The van der Waals surface area contributed by atoms with E-state index >= 15 is 0 Å². The Labute approximate surface area is 284 Å². The van der Waals surface area contributed by atoms with Gasteiger partial charge in [-0.3, -0.25) is 0 Å². The van der Waals surface area contributed by atoms with Crippen LogP contribution in [0.4, 0.5) is 0 Å². The van der Waals surface area contributed by atoms with Crippen molar-refractivity contribution in [2.75, 3.05) is 0 Å². The minimum Gasteiger partial charge on any atom is -0.456 e. The Bertz CT molecular complexity index is 2490. The minimum atomic E-state index is 0.603. The molecule has 0 spiro atoms. The van der Waals surface area contributed by atoms with Crippen LogP contribution in [-0.4, -0.2) is 54.2 Å². The van der Waals surface area contributed by atoms with Gasteiger partial charge in [-0.1, -0.05) is 102 Å². The molecule has 8 rings (SSSR count). The second kappa shape index (κ2) is 11.9. The standard InChI is InChI=1S/C39H30B5N3O/c40-32-31(33(41)35(43)36(44)34(32)42)24-12-7-13-25(18-24)38-45-37(22-10-5-2-6-11-22)46-39(47-38)26-14-16-27-28-19-23(21-8-3-1-4-9-21)15-17-29(28)48-30(27)20-26/h1-20H,40-44H2. The van der Waals surface area contributed by atoms with Crippen LogP contribution in [0.25, 0.3) is 78.4 Å². The summed E-state index contributed by atoms with van der Waals surface area (Å²) in [5.41, 5.74) is 15.8. The maximum atomic E-state index is 6.38. The topological polar surface area (TPSA) is 51.8 Å². The van der Waals surface area contributed by atoms with Gasteiger partial charge in [0.15, 0.2) is 17.5 Å². The number of fused-ring (bicyclic) bond motifs is 3. The quantitative estimate of drug-likeness (QED) is 0.277. The zero-order valence-corrected chi connectivity index (χ0v) is 27.8. The SMILES string of the molecule is Bc1c(B)c(B)c(-c2cccc(-c3nc(-c4ccccc4)nc(-c4ccc5c(c4)oc4ccc(-c6ccccc6)cc45)n3)c2)c(B)c1B. The molecule has 0 unspecified atom stereocenters. The van der Waals surface area contributed by atoms with Gasteiger partial charge in [-0.2, -0.15) is 0 Å². The average Bonchev–Trinajstić information content (AvgIpc) is 3.51. The summed E-state index contributed by atoms with van der Waals surface area (Å²) in [5, 5.41) is 2.15. The predicted octanol–water partition coefficient (Wildman–Crippen LogP) is 1.40. The summed E-state index contributed by atoms with van der Waals surface area (Å²) >= 11 is 0. The molecule has 0 bridgehead atoms. The molecule has 0 aliphatic heterocycles. The minimum absolute atomic E-state index is 0.603. The lowest BCUT2D eigenvalue weighted by Gasteiger charge is -2.20. The summed E-state index contributed by atoms with van der Waals surface area (Å²) in [5.74, 6) is 1.87. The highest BCUT2D eigenvalue weighted by Gasteiger charge is 2.17. The molecule has 0 radical (unpaired) electrons. The number of aromatic nitrogens is 3. The smallest absolute Gasteiger partial charge is 0.164 e. The lowest BCUT2D eigenvalue weighted by atomic mass is 9.59. The van der Waals surface area contributed by atoms with E-state index in [0.29, 0.717) is 17.5 Å². The van der Waals surface area contributed by atoms with Crippen molar-refractivity contribution in [3.05, 3.63) is 121 Å². The van der Waals surface area contributed by atoms with Crippen molar-refractivity contribution in [2.24, 2.45) is 0 Å². The summed E-state index contributed by atoms with van der Waals surface area (Å²) in [6, 6.07) is 41.7. The van der Waals surface area contributed by atoms with E-state index in [2.05, 4.69) is 118 Å². The Kier molecular flexibility index (Phi) is 7.41. The number of nitrogens with zero attached hydrogens (tertiary/aromatic N) is 3. The van der Waals surface area contributed by atoms with Gasteiger partial charge in [0.05, 0.1) is 0 Å². The van der Waals surface area contributed by atoms with Crippen LogP contribution in [0, 0.1) is 0 Å². The molecule has 8 aromatic rings. The second-order valence-corrected chi connectivity index (χ2v) is 12.6. The van der Waals surface area contributed by atoms with E-state index in [1.54, 1.807) is 0 Å². The Morgan fingerprint density at radius 3 is 1.54 bits per heavy atom. The van der Waals surface area contributed by atoms with E-state index in [9.17, 15) is 0 Å². The van der Waals surface area contributed by atoms with Crippen LogP contribution < -0.4 is 27.3 Å². The molecule has 222 valence electrons. The Balaban J connectivity index is 1.26. The Morgan fingerprint density at radius 1 is 0.354 bits per heavy atom. The van der Waals surface area contributed by atoms with Crippen LogP contribution in [0.3, 0.4) is 0 Å². The van der Waals surface area contributed by atoms with Crippen molar-refractivity contribution in [3.8, 4) is 56.4 Å². The van der Waals surface area contributed by atoms with E-state index < -0.39 is 0 Å². The number of hydrogen-bond acceptors (Lipinski definition) is 4. The van der Waals surface area contributed by atoms with Gasteiger partial charge in [-0.15, -0.1) is 16.4 Å². The number of rotatable bonds is 5. The van der Waals surface area contributed by atoms with Crippen LogP contribution in [0.5, 0.6) is 0 Å². The summed E-state index contributed by atoms with van der Waals surface area (Å²) in [6.07, 6.45) is 0. The van der Waals surface area contributed by atoms with Gasteiger partial charge in [0.1, 0.15) is 50.4 Å². The molecule has 0 aliphatic carbocycles. The molecule has 2 aromatic heterocycles. The van der Waals surface area contributed by atoms with Gasteiger partial charge in [0.25, 0.3) is 0 Å². The van der Waals surface area contributed by atoms with Crippen molar-refractivity contribution in [2.45, 2.75) is 0 Å². The van der Waals surface area contributed by atoms with E-state index in [1.807, 2.05) is 42.5 Å². The summed E-state index contributed by atoms with van der Waals surface area (Å²) in [4.78, 5) is 15.1. The first-order valence-corrected chi connectivity index (χ1v) is 16.4. The molecule has 6 aromatic carbocycles. The number of benzene rings is 6. The molecular weight excluding hydrogens is 581 g/mol. The van der Waals surface area contributed by atoms with Crippen molar-refractivity contribution >= 4 is 88.5 Å². The first-order valence-electron chi connectivity index (χ1n) is 16.4. The first-order chi connectivity index (χ1) is 23.4.